The summed E-state index contributed by atoms with van der Waals surface area (Å²) in [6.07, 6.45) is 3.29. The molecule has 0 saturated carbocycles. The molecular formula is C17H18FNO3. The third kappa shape index (κ3) is 4.04. The maximum Gasteiger partial charge on any atom is 0.339 e. The molecule has 0 aliphatic rings. The van der Waals surface area contributed by atoms with Crippen molar-refractivity contribution in [2.24, 2.45) is 0 Å². The second-order valence-corrected chi connectivity index (χ2v) is 4.73. The van der Waals surface area contributed by atoms with Crippen molar-refractivity contribution in [1.29, 1.82) is 0 Å². The maximum absolute atomic E-state index is 13.9. The molecule has 1 aromatic heterocycles. The normalized spacial score (nSPS) is 10.3. The van der Waals surface area contributed by atoms with Gasteiger partial charge in [0.05, 0.1) is 12.2 Å². The van der Waals surface area contributed by atoms with Crippen molar-refractivity contribution in [2.45, 2.75) is 26.7 Å². The molecule has 2 rings (SSSR count). The number of benzene rings is 1. The van der Waals surface area contributed by atoms with Crippen LogP contribution >= 0.6 is 0 Å². The highest BCUT2D eigenvalue weighted by atomic mass is 19.1. The molecule has 1 aromatic carbocycles. The van der Waals surface area contributed by atoms with Gasteiger partial charge in [-0.05, 0) is 37.1 Å². The van der Waals surface area contributed by atoms with Gasteiger partial charge in [-0.3, -0.25) is 0 Å². The second kappa shape index (κ2) is 7.54. The Hall–Kier alpha value is -2.43. The summed E-state index contributed by atoms with van der Waals surface area (Å²) in [6.45, 7) is 4.01. The van der Waals surface area contributed by atoms with Crippen molar-refractivity contribution in [1.82, 2.24) is 4.98 Å². The van der Waals surface area contributed by atoms with Crippen LogP contribution in [0.25, 0.3) is 0 Å². The number of aromatic nitrogens is 1. The zero-order valence-electron chi connectivity index (χ0n) is 12.6. The molecule has 0 amide bonds. The summed E-state index contributed by atoms with van der Waals surface area (Å²) in [5, 5.41) is 0. The standard InChI is InChI=1S/C17H18FNO3/c1-3-5-12-6-8-14(9-7-12)22-16-15(18)10-13(11-19-16)17(20)21-4-2/h6-11H,3-5H2,1-2H3. The topological polar surface area (TPSA) is 48.4 Å². The van der Waals surface area contributed by atoms with E-state index in [-0.39, 0.29) is 18.1 Å². The molecule has 0 saturated heterocycles. The lowest BCUT2D eigenvalue weighted by Crippen LogP contribution is -2.06. The summed E-state index contributed by atoms with van der Waals surface area (Å²) in [4.78, 5) is 15.3. The first-order valence-corrected chi connectivity index (χ1v) is 7.23. The fourth-order valence-corrected chi connectivity index (χ4v) is 1.95. The minimum Gasteiger partial charge on any atom is -0.462 e. The van der Waals surface area contributed by atoms with Crippen LogP contribution in [0.15, 0.2) is 36.5 Å². The van der Waals surface area contributed by atoms with E-state index in [4.69, 9.17) is 9.47 Å². The Labute approximate surface area is 128 Å². The molecule has 0 spiro atoms. The molecular weight excluding hydrogens is 285 g/mol. The predicted octanol–water partition coefficient (Wildman–Crippen LogP) is 4.14. The molecule has 0 unspecified atom stereocenters. The van der Waals surface area contributed by atoms with Gasteiger partial charge >= 0.3 is 5.97 Å². The molecule has 116 valence electrons. The number of hydrogen-bond acceptors (Lipinski definition) is 4. The zero-order chi connectivity index (χ0) is 15.9. The minimum atomic E-state index is -0.705. The van der Waals surface area contributed by atoms with E-state index >= 15 is 0 Å². The molecule has 0 fully saturated rings. The summed E-state index contributed by atoms with van der Waals surface area (Å²) in [7, 11) is 0. The number of aryl methyl sites for hydroxylation is 1. The van der Waals surface area contributed by atoms with Gasteiger partial charge in [-0.1, -0.05) is 25.5 Å². The first kappa shape index (κ1) is 15.9. The van der Waals surface area contributed by atoms with Gasteiger partial charge in [0.1, 0.15) is 5.75 Å². The number of pyridine rings is 1. The van der Waals surface area contributed by atoms with E-state index < -0.39 is 11.8 Å². The van der Waals surface area contributed by atoms with Crippen LogP contribution < -0.4 is 4.74 Å². The summed E-state index contributed by atoms with van der Waals surface area (Å²) in [5.74, 6) is -0.987. The van der Waals surface area contributed by atoms with Gasteiger partial charge in [-0.25, -0.2) is 14.2 Å². The molecule has 4 nitrogen and oxygen atoms in total. The van der Waals surface area contributed by atoms with Crippen LogP contribution in [0.4, 0.5) is 4.39 Å². The van der Waals surface area contributed by atoms with E-state index in [0.29, 0.717) is 5.75 Å². The summed E-state index contributed by atoms with van der Waals surface area (Å²) in [5.41, 5.74) is 1.26. The van der Waals surface area contributed by atoms with E-state index in [1.54, 1.807) is 19.1 Å². The van der Waals surface area contributed by atoms with Crippen molar-refractivity contribution in [3.63, 3.8) is 0 Å². The summed E-state index contributed by atoms with van der Waals surface area (Å²) < 4.78 is 24.1. The average molecular weight is 303 g/mol. The largest absolute Gasteiger partial charge is 0.462 e. The molecule has 0 radical (unpaired) electrons. The van der Waals surface area contributed by atoms with E-state index in [0.717, 1.165) is 18.9 Å². The van der Waals surface area contributed by atoms with E-state index in [1.807, 2.05) is 12.1 Å². The Balaban J connectivity index is 2.11. The van der Waals surface area contributed by atoms with Gasteiger partial charge < -0.3 is 9.47 Å². The number of carbonyl (C=O) groups is 1. The van der Waals surface area contributed by atoms with E-state index in [9.17, 15) is 9.18 Å². The van der Waals surface area contributed by atoms with Gasteiger partial charge in [0, 0.05) is 6.20 Å². The van der Waals surface area contributed by atoms with Crippen LogP contribution in [0.1, 0.15) is 36.2 Å². The quantitative estimate of drug-likeness (QED) is 0.752. The first-order valence-electron chi connectivity index (χ1n) is 7.23. The monoisotopic (exact) mass is 303 g/mol. The number of nitrogens with zero attached hydrogens (tertiary/aromatic N) is 1. The Morgan fingerprint density at radius 2 is 1.95 bits per heavy atom. The van der Waals surface area contributed by atoms with E-state index in [2.05, 4.69) is 11.9 Å². The second-order valence-electron chi connectivity index (χ2n) is 4.73. The van der Waals surface area contributed by atoms with Crippen molar-refractivity contribution in [2.75, 3.05) is 6.61 Å². The lowest BCUT2D eigenvalue weighted by atomic mass is 10.1. The number of carbonyl (C=O) groups excluding carboxylic acids is 1. The van der Waals surface area contributed by atoms with Gasteiger partial charge in [0.15, 0.2) is 5.82 Å². The molecule has 0 aliphatic heterocycles. The Morgan fingerprint density at radius 3 is 2.55 bits per heavy atom. The maximum atomic E-state index is 13.9. The molecule has 22 heavy (non-hydrogen) atoms. The highest BCUT2D eigenvalue weighted by Gasteiger charge is 2.13. The molecule has 0 atom stereocenters. The number of hydrogen-bond donors (Lipinski definition) is 0. The number of esters is 1. The van der Waals surface area contributed by atoms with Crippen LogP contribution in [0.5, 0.6) is 11.6 Å². The average Bonchev–Trinajstić information content (AvgIpc) is 2.51. The van der Waals surface area contributed by atoms with Crippen LogP contribution in [-0.2, 0) is 11.2 Å². The van der Waals surface area contributed by atoms with Gasteiger partial charge in [-0.15, -0.1) is 0 Å². The van der Waals surface area contributed by atoms with Gasteiger partial charge in [0.25, 0.3) is 5.88 Å². The Bertz CT molecular complexity index is 641. The SMILES string of the molecule is CCCc1ccc(Oc2ncc(C(=O)OCC)cc2F)cc1. The predicted molar refractivity (Wildman–Crippen MR) is 80.7 cm³/mol. The smallest absolute Gasteiger partial charge is 0.339 e. The minimum absolute atomic E-state index is 0.0602. The molecule has 5 heteroatoms. The molecule has 2 aromatic rings. The number of ether oxygens (including phenoxy) is 2. The van der Waals surface area contributed by atoms with Crippen molar-refractivity contribution >= 4 is 5.97 Å². The van der Waals surface area contributed by atoms with Crippen LogP contribution in [0, 0.1) is 5.82 Å². The fourth-order valence-electron chi connectivity index (χ4n) is 1.95. The molecule has 1 heterocycles. The third-order valence-electron chi connectivity index (χ3n) is 3.00. The Kier molecular flexibility index (Phi) is 5.47. The third-order valence-corrected chi connectivity index (χ3v) is 3.00. The first-order chi connectivity index (χ1) is 10.6. The van der Waals surface area contributed by atoms with Crippen LogP contribution in [-0.4, -0.2) is 17.6 Å². The summed E-state index contributed by atoms with van der Waals surface area (Å²) >= 11 is 0. The van der Waals surface area contributed by atoms with Crippen LogP contribution in [0.2, 0.25) is 0 Å². The van der Waals surface area contributed by atoms with Crippen LogP contribution in [0.3, 0.4) is 0 Å². The zero-order valence-corrected chi connectivity index (χ0v) is 12.6. The lowest BCUT2D eigenvalue weighted by Gasteiger charge is -2.08. The lowest BCUT2D eigenvalue weighted by molar-refractivity contribution is 0.0525. The Morgan fingerprint density at radius 1 is 1.23 bits per heavy atom. The molecule has 0 N–H and O–H groups in total. The van der Waals surface area contributed by atoms with Gasteiger partial charge in [-0.2, -0.15) is 0 Å². The molecule has 0 bridgehead atoms. The van der Waals surface area contributed by atoms with E-state index in [1.165, 1.54) is 11.8 Å². The van der Waals surface area contributed by atoms with Gasteiger partial charge in [0.2, 0.25) is 0 Å². The molecule has 0 aliphatic carbocycles. The highest BCUT2D eigenvalue weighted by Crippen LogP contribution is 2.23. The highest BCUT2D eigenvalue weighted by molar-refractivity contribution is 5.89. The van der Waals surface area contributed by atoms with Crippen molar-refractivity contribution < 1.29 is 18.7 Å². The fraction of sp³-hybridized carbons (Fsp3) is 0.294. The number of halogens is 1. The summed E-state index contributed by atoms with van der Waals surface area (Å²) in [6, 6.07) is 8.47. The van der Waals surface area contributed by atoms with Crippen molar-refractivity contribution in [3.05, 3.63) is 53.5 Å². The number of rotatable bonds is 6. The van der Waals surface area contributed by atoms with Crippen molar-refractivity contribution in [3.8, 4) is 11.6 Å².